The van der Waals surface area contributed by atoms with E-state index in [1.54, 1.807) is 6.20 Å². The maximum atomic E-state index is 11.8. The van der Waals surface area contributed by atoms with E-state index in [-0.39, 0.29) is 5.95 Å². The lowest BCUT2D eigenvalue weighted by molar-refractivity contribution is 0.349. The summed E-state index contributed by atoms with van der Waals surface area (Å²) in [4.78, 5) is 6.53. The molecule has 0 saturated carbocycles. The van der Waals surface area contributed by atoms with E-state index in [0.717, 1.165) is 19.3 Å². The molecule has 1 aliphatic heterocycles. The zero-order valence-corrected chi connectivity index (χ0v) is 9.13. The van der Waals surface area contributed by atoms with Gasteiger partial charge >= 0.3 is 10.2 Å². The number of imidazole rings is 1. The number of anilines is 1. The number of piperidine rings is 1. The average molecular weight is 230 g/mol. The van der Waals surface area contributed by atoms with Crippen molar-refractivity contribution in [2.75, 3.05) is 17.8 Å². The third kappa shape index (κ3) is 2.48. The first-order chi connectivity index (χ1) is 7.18. The molecule has 1 aromatic rings. The number of hydrogen-bond acceptors (Lipinski definition) is 3. The molecule has 0 amide bonds. The summed E-state index contributed by atoms with van der Waals surface area (Å²) in [5.74, 6) is 0.264. The standard InChI is InChI=1S/C8H14N4O2S/c13-15(14,11-8-9-4-5-10-8)12-6-2-1-3-7-12/h4-5H,1-3,6-7H2,(H2,9,10,11). The molecule has 0 bridgehead atoms. The van der Waals surface area contributed by atoms with Crippen molar-refractivity contribution in [3.63, 3.8) is 0 Å². The van der Waals surface area contributed by atoms with Gasteiger partial charge in [0, 0.05) is 25.5 Å². The van der Waals surface area contributed by atoms with Gasteiger partial charge in [-0.25, -0.2) is 9.71 Å². The topological polar surface area (TPSA) is 78.1 Å². The third-order valence-electron chi connectivity index (χ3n) is 2.38. The first-order valence-electron chi connectivity index (χ1n) is 4.96. The quantitative estimate of drug-likeness (QED) is 0.796. The van der Waals surface area contributed by atoms with Crippen LogP contribution in [0.1, 0.15) is 19.3 Å². The second kappa shape index (κ2) is 4.19. The van der Waals surface area contributed by atoms with Crippen LogP contribution in [0.15, 0.2) is 12.4 Å². The average Bonchev–Trinajstić information content (AvgIpc) is 2.71. The van der Waals surface area contributed by atoms with Gasteiger partial charge in [-0.15, -0.1) is 0 Å². The summed E-state index contributed by atoms with van der Waals surface area (Å²) < 4.78 is 27.5. The number of aromatic nitrogens is 2. The molecule has 7 heteroatoms. The molecule has 84 valence electrons. The predicted molar refractivity (Wildman–Crippen MR) is 56.6 cm³/mol. The SMILES string of the molecule is O=S(=O)(Nc1ncc[nH]1)N1CCCCC1. The Bertz CT molecular complexity index is 394. The van der Waals surface area contributed by atoms with Crippen molar-refractivity contribution in [3.05, 3.63) is 12.4 Å². The molecule has 0 spiro atoms. The normalized spacial score (nSPS) is 18.9. The Morgan fingerprint density at radius 2 is 2.07 bits per heavy atom. The maximum absolute atomic E-state index is 11.8. The Labute approximate surface area is 88.9 Å². The van der Waals surface area contributed by atoms with Gasteiger partial charge in [0.1, 0.15) is 0 Å². The minimum Gasteiger partial charge on any atom is -0.330 e. The van der Waals surface area contributed by atoms with Gasteiger partial charge in [0.2, 0.25) is 5.95 Å². The third-order valence-corrected chi connectivity index (χ3v) is 3.88. The number of hydrogen-bond donors (Lipinski definition) is 2. The molecule has 2 rings (SSSR count). The van der Waals surface area contributed by atoms with Crippen molar-refractivity contribution in [1.82, 2.24) is 14.3 Å². The molecule has 2 N–H and O–H groups in total. The Balaban J connectivity index is 2.05. The van der Waals surface area contributed by atoms with E-state index in [0.29, 0.717) is 13.1 Å². The van der Waals surface area contributed by atoms with Gasteiger partial charge < -0.3 is 4.98 Å². The molecule has 2 heterocycles. The lowest BCUT2D eigenvalue weighted by Gasteiger charge is -2.25. The van der Waals surface area contributed by atoms with Gasteiger partial charge in [-0.2, -0.15) is 12.7 Å². The monoisotopic (exact) mass is 230 g/mol. The molecule has 1 saturated heterocycles. The largest absolute Gasteiger partial charge is 0.330 e. The molecule has 0 unspecified atom stereocenters. The summed E-state index contributed by atoms with van der Waals surface area (Å²) in [6, 6.07) is 0. The van der Waals surface area contributed by atoms with Crippen molar-refractivity contribution in [3.8, 4) is 0 Å². The first kappa shape index (κ1) is 10.4. The molecule has 0 atom stereocenters. The molecule has 15 heavy (non-hydrogen) atoms. The van der Waals surface area contributed by atoms with Gasteiger partial charge in [-0.1, -0.05) is 6.42 Å². The Morgan fingerprint density at radius 1 is 1.33 bits per heavy atom. The van der Waals surface area contributed by atoms with Crippen LogP contribution >= 0.6 is 0 Å². The van der Waals surface area contributed by atoms with Gasteiger partial charge in [0.15, 0.2) is 0 Å². The molecular weight excluding hydrogens is 216 g/mol. The summed E-state index contributed by atoms with van der Waals surface area (Å²) in [5, 5.41) is 0. The highest BCUT2D eigenvalue weighted by Gasteiger charge is 2.24. The number of nitrogens with one attached hydrogen (secondary N) is 2. The minimum atomic E-state index is -3.42. The number of nitrogens with zero attached hydrogens (tertiary/aromatic N) is 2. The molecule has 0 aliphatic carbocycles. The molecule has 0 radical (unpaired) electrons. The fourth-order valence-corrected chi connectivity index (χ4v) is 2.84. The molecule has 1 fully saturated rings. The Morgan fingerprint density at radius 3 is 2.67 bits per heavy atom. The van der Waals surface area contributed by atoms with Crippen molar-refractivity contribution in [2.45, 2.75) is 19.3 Å². The Hall–Kier alpha value is -1.08. The van der Waals surface area contributed by atoms with Crippen molar-refractivity contribution >= 4 is 16.2 Å². The van der Waals surface area contributed by atoms with Gasteiger partial charge in [-0.05, 0) is 12.8 Å². The second-order valence-corrected chi connectivity index (χ2v) is 5.18. The number of rotatable bonds is 3. The molecule has 0 aromatic carbocycles. The van der Waals surface area contributed by atoms with E-state index >= 15 is 0 Å². The van der Waals surface area contributed by atoms with E-state index in [1.165, 1.54) is 10.5 Å². The van der Waals surface area contributed by atoms with Crippen LogP contribution in [0.4, 0.5) is 5.95 Å². The van der Waals surface area contributed by atoms with Crippen LogP contribution in [0, 0.1) is 0 Å². The zero-order chi connectivity index (χ0) is 10.7. The van der Waals surface area contributed by atoms with E-state index in [1.807, 2.05) is 0 Å². The number of H-pyrrole nitrogens is 1. The van der Waals surface area contributed by atoms with Crippen LogP contribution in [0.5, 0.6) is 0 Å². The van der Waals surface area contributed by atoms with Crippen molar-refractivity contribution in [2.24, 2.45) is 0 Å². The fraction of sp³-hybridized carbons (Fsp3) is 0.625. The smallest absolute Gasteiger partial charge is 0.303 e. The van der Waals surface area contributed by atoms with Gasteiger partial charge in [-0.3, -0.25) is 0 Å². The van der Waals surface area contributed by atoms with E-state index in [4.69, 9.17) is 0 Å². The van der Waals surface area contributed by atoms with Crippen LogP contribution in [-0.2, 0) is 10.2 Å². The molecular formula is C8H14N4O2S. The van der Waals surface area contributed by atoms with E-state index in [2.05, 4.69) is 14.7 Å². The summed E-state index contributed by atoms with van der Waals surface area (Å²) in [7, 11) is -3.42. The molecule has 6 nitrogen and oxygen atoms in total. The Kier molecular flexibility index (Phi) is 2.92. The van der Waals surface area contributed by atoms with E-state index < -0.39 is 10.2 Å². The van der Waals surface area contributed by atoms with Crippen molar-refractivity contribution < 1.29 is 8.42 Å². The van der Waals surface area contributed by atoms with Crippen LogP contribution in [0.2, 0.25) is 0 Å². The van der Waals surface area contributed by atoms with Crippen LogP contribution in [0.25, 0.3) is 0 Å². The highest BCUT2D eigenvalue weighted by Crippen LogP contribution is 2.14. The lowest BCUT2D eigenvalue weighted by Crippen LogP contribution is -2.39. The van der Waals surface area contributed by atoms with E-state index in [9.17, 15) is 8.42 Å². The molecule has 1 aromatic heterocycles. The summed E-state index contributed by atoms with van der Waals surface area (Å²) in [6.07, 6.45) is 6.05. The zero-order valence-electron chi connectivity index (χ0n) is 8.31. The van der Waals surface area contributed by atoms with Crippen LogP contribution in [0.3, 0.4) is 0 Å². The first-order valence-corrected chi connectivity index (χ1v) is 6.40. The maximum Gasteiger partial charge on any atom is 0.303 e. The second-order valence-electron chi connectivity index (χ2n) is 3.50. The lowest BCUT2D eigenvalue weighted by atomic mass is 10.2. The fourth-order valence-electron chi connectivity index (χ4n) is 1.61. The van der Waals surface area contributed by atoms with Crippen LogP contribution < -0.4 is 4.72 Å². The highest BCUT2D eigenvalue weighted by atomic mass is 32.2. The summed E-state index contributed by atoms with van der Waals surface area (Å²) in [5.41, 5.74) is 0. The number of aromatic amines is 1. The van der Waals surface area contributed by atoms with Crippen molar-refractivity contribution in [1.29, 1.82) is 0 Å². The molecule has 1 aliphatic rings. The summed E-state index contributed by atoms with van der Waals surface area (Å²) in [6.45, 7) is 1.19. The van der Waals surface area contributed by atoms with Gasteiger partial charge in [0.25, 0.3) is 0 Å². The highest BCUT2D eigenvalue weighted by molar-refractivity contribution is 7.90. The van der Waals surface area contributed by atoms with Gasteiger partial charge in [0.05, 0.1) is 0 Å². The predicted octanol–water partition coefficient (Wildman–Crippen LogP) is 0.552. The summed E-state index contributed by atoms with van der Waals surface area (Å²) >= 11 is 0. The minimum absolute atomic E-state index is 0.264. The van der Waals surface area contributed by atoms with Crippen LogP contribution in [-0.4, -0.2) is 35.8 Å².